The SMILES string of the molecule is CCN=C(NC1C2CCOC2C12CCC2)N1CCN(c2ccccc2O)CC1.I. The van der Waals surface area contributed by atoms with Crippen LogP contribution in [0.15, 0.2) is 29.3 Å². The monoisotopic (exact) mass is 512 g/mol. The van der Waals surface area contributed by atoms with E-state index < -0.39 is 0 Å². The van der Waals surface area contributed by atoms with Gasteiger partial charge < -0.3 is 25.0 Å². The molecule has 2 saturated carbocycles. The largest absolute Gasteiger partial charge is 0.506 e. The van der Waals surface area contributed by atoms with E-state index in [-0.39, 0.29) is 24.0 Å². The van der Waals surface area contributed by atoms with Gasteiger partial charge in [-0.3, -0.25) is 4.99 Å². The van der Waals surface area contributed by atoms with Crippen molar-refractivity contribution in [3.8, 4) is 5.75 Å². The van der Waals surface area contributed by atoms with Gasteiger partial charge in [-0.2, -0.15) is 0 Å². The average molecular weight is 512 g/mol. The maximum atomic E-state index is 10.2. The number of benzene rings is 1. The van der Waals surface area contributed by atoms with Crippen molar-refractivity contribution in [3.05, 3.63) is 24.3 Å². The Balaban J connectivity index is 0.00000205. The van der Waals surface area contributed by atoms with E-state index in [0.29, 0.717) is 29.2 Å². The first-order chi connectivity index (χ1) is 13.7. The van der Waals surface area contributed by atoms with E-state index in [1.54, 1.807) is 6.07 Å². The molecule has 1 spiro atoms. The Bertz CT molecular complexity index is 746. The van der Waals surface area contributed by atoms with Gasteiger partial charge in [0.15, 0.2) is 5.96 Å². The van der Waals surface area contributed by atoms with Crippen LogP contribution in [0.2, 0.25) is 0 Å². The number of halogens is 1. The summed E-state index contributed by atoms with van der Waals surface area (Å²) in [4.78, 5) is 9.52. The highest BCUT2D eigenvalue weighted by atomic mass is 127. The highest BCUT2D eigenvalue weighted by Gasteiger charge is 2.66. The summed E-state index contributed by atoms with van der Waals surface area (Å²) >= 11 is 0. The van der Waals surface area contributed by atoms with Gasteiger partial charge in [0, 0.05) is 56.7 Å². The van der Waals surface area contributed by atoms with Crippen LogP contribution in [0.4, 0.5) is 5.69 Å². The van der Waals surface area contributed by atoms with Crippen molar-refractivity contribution >= 4 is 35.6 Å². The minimum atomic E-state index is 0. The Morgan fingerprint density at radius 3 is 2.66 bits per heavy atom. The fourth-order valence-electron chi connectivity index (χ4n) is 5.87. The number of aliphatic imine (C=N–C) groups is 1. The number of hydrogen-bond donors (Lipinski definition) is 2. The fraction of sp³-hybridized carbons (Fsp3) is 0.682. The first-order valence-electron chi connectivity index (χ1n) is 10.9. The van der Waals surface area contributed by atoms with E-state index in [0.717, 1.165) is 51.0 Å². The molecule has 0 aromatic heterocycles. The topological polar surface area (TPSA) is 60.3 Å². The van der Waals surface area contributed by atoms with Crippen LogP contribution in [0.5, 0.6) is 5.75 Å². The van der Waals surface area contributed by atoms with Crippen LogP contribution in [0, 0.1) is 11.3 Å². The molecule has 160 valence electrons. The third-order valence-corrected chi connectivity index (χ3v) is 7.43. The summed E-state index contributed by atoms with van der Waals surface area (Å²) in [6.45, 7) is 7.47. The molecule has 7 heteroatoms. The van der Waals surface area contributed by atoms with Crippen molar-refractivity contribution in [2.24, 2.45) is 16.3 Å². The van der Waals surface area contributed by atoms with E-state index in [4.69, 9.17) is 9.73 Å². The van der Waals surface area contributed by atoms with Crippen LogP contribution in [0.25, 0.3) is 0 Å². The average Bonchev–Trinajstić information content (AvgIpc) is 3.09. The van der Waals surface area contributed by atoms with Gasteiger partial charge in [-0.1, -0.05) is 18.6 Å². The van der Waals surface area contributed by atoms with Crippen molar-refractivity contribution in [3.63, 3.8) is 0 Å². The van der Waals surface area contributed by atoms with Crippen LogP contribution >= 0.6 is 24.0 Å². The van der Waals surface area contributed by atoms with Gasteiger partial charge in [-0.05, 0) is 38.3 Å². The first kappa shape index (κ1) is 21.0. The number of piperazine rings is 1. The molecule has 3 atom stereocenters. The number of ether oxygens (including phenoxy) is 1. The lowest BCUT2D eigenvalue weighted by Gasteiger charge is -2.63. The lowest BCUT2D eigenvalue weighted by Crippen LogP contribution is -2.73. The molecule has 2 heterocycles. The van der Waals surface area contributed by atoms with Gasteiger partial charge in [0.05, 0.1) is 11.8 Å². The summed E-state index contributed by atoms with van der Waals surface area (Å²) in [5, 5.41) is 14.0. The number of aromatic hydroxyl groups is 1. The number of guanidine groups is 1. The number of hydrogen-bond acceptors (Lipinski definition) is 4. The fourth-order valence-corrected chi connectivity index (χ4v) is 5.87. The van der Waals surface area contributed by atoms with Gasteiger partial charge in [-0.25, -0.2) is 0 Å². The van der Waals surface area contributed by atoms with Crippen LogP contribution in [-0.2, 0) is 4.74 Å². The van der Waals surface area contributed by atoms with E-state index in [1.165, 1.54) is 25.7 Å². The molecule has 2 N–H and O–H groups in total. The highest BCUT2D eigenvalue weighted by Crippen LogP contribution is 2.62. The molecule has 2 aliphatic carbocycles. The number of fused-ring (bicyclic) bond motifs is 2. The van der Waals surface area contributed by atoms with Crippen LogP contribution < -0.4 is 10.2 Å². The lowest BCUT2D eigenvalue weighted by atomic mass is 9.46. The number of anilines is 1. The summed E-state index contributed by atoms with van der Waals surface area (Å²) in [6.07, 6.45) is 5.60. The summed E-state index contributed by atoms with van der Waals surface area (Å²) in [6, 6.07) is 8.15. The zero-order valence-electron chi connectivity index (χ0n) is 17.2. The zero-order chi connectivity index (χ0) is 19.1. The summed E-state index contributed by atoms with van der Waals surface area (Å²) in [7, 11) is 0. The minimum Gasteiger partial charge on any atom is -0.506 e. The standard InChI is InChI=1S/C22H32N4O2.HI/c1-2-23-21(24-19-16-8-15-28-20(16)22(19)9-5-10-22)26-13-11-25(12-14-26)17-6-3-4-7-18(17)27;/h3-4,6-7,16,19-20,27H,2,5,8-15H2,1H3,(H,23,24);1H. The quantitative estimate of drug-likeness (QED) is 0.371. The second-order valence-corrected chi connectivity index (χ2v) is 8.71. The number of rotatable bonds is 3. The maximum absolute atomic E-state index is 10.2. The van der Waals surface area contributed by atoms with Crippen LogP contribution in [0.3, 0.4) is 0 Å². The highest BCUT2D eigenvalue weighted by molar-refractivity contribution is 14.0. The Kier molecular flexibility index (Phi) is 6.16. The number of nitrogens with one attached hydrogen (secondary N) is 1. The van der Waals surface area contributed by atoms with Gasteiger partial charge in [0.2, 0.25) is 0 Å². The summed E-state index contributed by atoms with van der Waals surface area (Å²) in [5.41, 5.74) is 1.30. The molecule has 5 rings (SSSR count). The van der Waals surface area contributed by atoms with E-state index in [1.807, 2.05) is 18.2 Å². The summed E-state index contributed by atoms with van der Waals surface area (Å²) in [5.74, 6) is 2.09. The molecule has 1 aromatic rings. The van der Waals surface area contributed by atoms with Gasteiger partial charge in [0.25, 0.3) is 0 Å². The molecule has 29 heavy (non-hydrogen) atoms. The molecular formula is C22H33IN4O2. The van der Waals surface area contributed by atoms with E-state index in [9.17, 15) is 5.11 Å². The zero-order valence-corrected chi connectivity index (χ0v) is 19.5. The second kappa shape index (κ2) is 8.49. The molecule has 2 saturated heterocycles. The maximum Gasteiger partial charge on any atom is 0.194 e. The molecule has 0 amide bonds. The van der Waals surface area contributed by atoms with Crippen molar-refractivity contribution in [2.75, 3.05) is 44.2 Å². The molecule has 6 nitrogen and oxygen atoms in total. The predicted molar refractivity (Wildman–Crippen MR) is 126 cm³/mol. The molecule has 3 unspecified atom stereocenters. The predicted octanol–water partition coefficient (Wildman–Crippen LogP) is 3.06. The van der Waals surface area contributed by atoms with Crippen molar-refractivity contribution in [1.29, 1.82) is 0 Å². The molecule has 0 radical (unpaired) electrons. The molecule has 1 aromatic carbocycles. The van der Waals surface area contributed by atoms with E-state index in [2.05, 4.69) is 22.0 Å². The molecule has 4 aliphatic rings. The third-order valence-electron chi connectivity index (χ3n) is 7.43. The normalized spacial score (nSPS) is 30.2. The van der Waals surface area contributed by atoms with Crippen molar-refractivity contribution in [1.82, 2.24) is 10.2 Å². The summed E-state index contributed by atoms with van der Waals surface area (Å²) < 4.78 is 6.08. The Morgan fingerprint density at radius 2 is 2.00 bits per heavy atom. The van der Waals surface area contributed by atoms with Gasteiger partial charge in [0.1, 0.15) is 5.75 Å². The molecule has 0 bridgehead atoms. The Morgan fingerprint density at radius 1 is 1.24 bits per heavy atom. The second-order valence-electron chi connectivity index (χ2n) is 8.71. The Hall–Kier alpha value is -1.22. The number of phenolic OH excluding ortho intramolecular Hbond substituents is 1. The van der Waals surface area contributed by atoms with Gasteiger partial charge >= 0.3 is 0 Å². The van der Waals surface area contributed by atoms with E-state index >= 15 is 0 Å². The third kappa shape index (κ3) is 3.48. The number of nitrogens with zero attached hydrogens (tertiary/aromatic N) is 3. The van der Waals surface area contributed by atoms with Gasteiger partial charge in [-0.15, -0.1) is 24.0 Å². The molecule has 4 fully saturated rings. The minimum absolute atomic E-state index is 0. The van der Waals surface area contributed by atoms with Crippen LogP contribution in [-0.4, -0.2) is 67.4 Å². The number of phenols is 1. The smallest absolute Gasteiger partial charge is 0.194 e. The molecular weight excluding hydrogens is 479 g/mol. The first-order valence-corrected chi connectivity index (χ1v) is 10.9. The van der Waals surface area contributed by atoms with Crippen molar-refractivity contribution in [2.45, 2.75) is 44.8 Å². The lowest BCUT2D eigenvalue weighted by molar-refractivity contribution is -0.171. The molecule has 2 aliphatic heterocycles. The van der Waals surface area contributed by atoms with Crippen LogP contribution in [0.1, 0.15) is 32.6 Å². The Labute approximate surface area is 190 Å². The number of para-hydroxylation sites is 2. The van der Waals surface area contributed by atoms with Crippen molar-refractivity contribution < 1.29 is 9.84 Å².